The molecule has 0 radical (unpaired) electrons. The van der Waals surface area contributed by atoms with Crippen molar-refractivity contribution in [1.29, 1.82) is 0 Å². The van der Waals surface area contributed by atoms with Crippen molar-refractivity contribution in [2.75, 3.05) is 6.61 Å². The molecule has 0 unspecified atom stereocenters. The number of carbonyl (C=O) groups excluding carboxylic acids is 1. The normalized spacial score (nSPS) is 10.6. The monoisotopic (exact) mass is 336 g/mol. The molecule has 1 heterocycles. The van der Waals surface area contributed by atoms with Crippen molar-refractivity contribution >= 4 is 16.8 Å². The van der Waals surface area contributed by atoms with Crippen LogP contribution in [0.5, 0.6) is 5.75 Å². The molecule has 0 aliphatic carbocycles. The Morgan fingerprint density at radius 1 is 1.04 bits per heavy atom. The smallest absolute Gasteiger partial charge is 0.258 e. The Balaban J connectivity index is 1.61. The molecule has 0 saturated heterocycles. The summed E-state index contributed by atoms with van der Waals surface area (Å²) in [6.07, 6.45) is 0. The van der Waals surface area contributed by atoms with Crippen LogP contribution in [0.1, 0.15) is 16.7 Å². The summed E-state index contributed by atoms with van der Waals surface area (Å²) in [4.78, 5) is 26.9. The molecule has 0 atom stereocenters. The third-order valence-electron chi connectivity index (χ3n) is 3.94. The van der Waals surface area contributed by atoms with Gasteiger partial charge in [0.2, 0.25) is 0 Å². The van der Waals surface area contributed by atoms with Crippen molar-refractivity contribution in [2.24, 2.45) is 0 Å². The van der Waals surface area contributed by atoms with Crippen LogP contribution in [0.4, 0.5) is 0 Å². The largest absolute Gasteiger partial charge is 0.484 e. The van der Waals surface area contributed by atoms with E-state index in [1.165, 1.54) is 0 Å². The summed E-state index contributed by atoms with van der Waals surface area (Å²) in [5.41, 5.74) is 3.34. The highest BCUT2D eigenvalue weighted by molar-refractivity contribution is 5.80. The van der Waals surface area contributed by atoms with Crippen LogP contribution in [0.25, 0.3) is 10.9 Å². The second kappa shape index (κ2) is 7.21. The summed E-state index contributed by atoms with van der Waals surface area (Å²) in [5.74, 6) is 0.365. The molecule has 3 rings (SSSR count). The number of hydrogen-bond donors (Lipinski definition) is 2. The number of pyridine rings is 1. The zero-order valence-electron chi connectivity index (χ0n) is 14.3. The van der Waals surface area contributed by atoms with E-state index in [-0.39, 0.29) is 24.6 Å². The van der Waals surface area contributed by atoms with Crippen molar-refractivity contribution < 1.29 is 9.53 Å². The van der Waals surface area contributed by atoms with E-state index < -0.39 is 0 Å². The number of fused-ring (bicyclic) bond motifs is 1. The number of aromatic nitrogens is 1. The maximum Gasteiger partial charge on any atom is 0.258 e. The molecule has 0 saturated carbocycles. The molecule has 5 nitrogen and oxygen atoms in total. The minimum Gasteiger partial charge on any atom is -0.484 e. The van der Waals surface area contributed by atoms with Gasteiger partial charge in [0.25, 0.3) is 11.5 Å². The van der Waals surface area contributed by atoms with E-state index in [2.05, 4.69) is 10.3 Å². The predicted octanol–water partition coefficient (Wildman–Crippen LogP) is 2.84. The molecule has 2 N–H and O–H groups in total. The van der Waals surface area contributed by atoms with Crippen molar-refractivity contribution in [3.63, 3.8) is 0 Å². The van der Waals surface area contributed by atoms with Crippen LogP contribution >= 0.6 is 0 Å². The fourth-order valence-electron chi connectivity index (χ4n) is 2.53. The minimum absolute atomic E-state index is 0.0896. The highest BCUT2D eigenvalue weighted by Gasteiger charge is 2.07. The molecule has 2 aromatic carbocycles. The summed E-state index contributed by atoms with van der Waals surface area (Å²) < 4.78 is 5.43. The van der Waals surface area contributed by atoms with Gasteiger partial charge in [0.1, 0.15) is 5.75 Å². The summed E-state index contributed by atoms with van der Waals surface area (Å²) in [6, 6.07) is 15.1. The van der Waals surface area contributed by atoms with Gasteiger partial charge in [-0.15, -0.1) is 0 Å². The average molecular weight is 336 g/mol. The topological polar surface area (TPSA) is 71.2 Å². The van der Waals surface area contributed by atoms with Gasteiger partial charge in [-0.2, -0.15) is 0 Å². The Kier molecular flexibility index (Phi) is 4.84. The van der Waals surface area contributed by atoms with E-state index in [9.17, 15) is 9.59 Å². The van der Waals surface area contributed by atoms with Gasteiger partial charge < -0.3 is 15.0 Å². The lowest BCUT2D eigenvalue weighted by molar-refractivity contribution is -0.123. The van der Waals surface area contributed by atoms with E-state index in [0.29, 0.717) is 11.3 Å². The standard InChI is InChI=1S/C20H20N2O3/c1-13-3-6-17(7-4-13)25-12-19(23)21-11-16-10-15-9-14(2)5-8-18(15)22-20(16)24/h3-10H,11-12H2,1-2H3,(H,21,23)(H,22,24). The molecule has 3 aromatic rings. The number of aryl methyl sites for hydroxylation is 2. The second-order valence-corrected chi connectivity index (χ2v) is 6.09. The number of ether oxygens (including phenoxy) is 1. The van der Waals surface area contributed by atoms with Gasteiger partial charge in [-0.25, -0.2) is 0 Å². The lowest BCUT2D eigenvalue weighted by Crippen LogP contribution is -2.30. The van der Waals surface area contributed by atoms with Crippen LogP contribution in [0.15, 0.2) is 53.3 Å². The maximum absolute atomic E-state index is 12.1. The first-order valence-electron chi connectivity index (χ1n) is 8.10. The lowest BCUT2D eigenvalue weighted by Gasteiger charge is -2.08. The molecular weight excluding hydrogens is 316 g/mol. The fourth-order valence-corrected chi connectivity index (χ4v) is 2.53. The van der Waals surface area contributed by atoms with E-state index in [0.717, 1.165) is 22.0 Å². The molecule has 0 aliphatic rings. The molecular formula is C20H20N2O3. The van der Waals surface area contributed by atoms with Gasteiger partial charge in [-0.05, 0) is 49.6 Å². The van der Waals surface area contributed by atoms with Crippen LogP contribution < -0.4 is 15.6 Å². The number of nitrogens with one attached hydrogen (secondary N) is 2. The third kappa shape index (κ3) is 4.26. The quantitative estimate of drug-likeness (QED) is 0.752. The molecule has 5 heteroatoms. The van der Waals surface area contributed by atoms with Crippen molar-refractivity contribution in [3.8, 4) is 5.75 Å². The molecule has 0 aliphatic heterocycles. The first-order valence-corrected chi connectivity index (χ1v) is 8.10. The lowest BCUT2D eigenvalue weighted by atomic mass is 10.1. The van der Waals surface area contributed by atoms with Crippen molar-refractivity contribution in [3.05, 3.63) is 75.6 Å². The first-order chi connectivity index (χ1) is 12.0. The van der Waals surface area contributed by atoms with Crippen LogP contribution in [-0.4, -0.2) is 17.5 Å². The van der Waals surface area contributed by atoms with Gasteiger partial charge in [0.15, 0.2) is 6.61 Å². The third-order valence-corrected chi connectivity index (χ3v) is 3.94. The number of aromatic amines is 1. The molecule has 0 bridgehead atoms. The molecule has 0 fully saturated rings. The van der Waals surface area contributed by atoms with E-state index in [4.69, 9.17) is 4.74 Å². The fraction of sp³-hybridized carbons (Fsp3) is 0.200. The summed E-state index contributed by atoms with van der Waals surface area (Å²) in [6.45, 7) is 4.05. The highest BCUT2D eigenvalue weighted by atomic mass is 16.5. The Bertz CT molecular complexity index is 959. The number of carbonyl (C=O) groups is 1. The molecule has 1 amide bonds. The predicted molar refractivity (Wildman–Crippen MR) is 97.8 cm³/mol. The SMILES string of the molecule is Cc1ccc(OCC(=O)NCc2cc3cc(C)ccc3[nH]c2=O)cc1. The Morgan fingerprint density at radius 2 is 1.76 bits per heavy atom. The van der Waals surface area contributed by atoms with Crippen LogP contribution in [0.2, 0.25) is 0 Å². The van der Waals surface area contributed by atoms with Crippen LogP contribution in [0, 0.1) is 13.8 Å². The van der Waals surface area contributed by atoms with Gasteiger partial charge in [0.05, 0.1) is 0 Å². The Hall–Kier alpha value is -3.08. The van der Waals surface area contributed by atoms with Gasteiger partial charge >= 0.3 is 0 Å². The number of hydrogen-bond acceptors (Lipinski definition) is 3. The van der Waals surface area contributed by atoms with Gasteiger partial charge in [-0.1, -0.05) is 29.3 Å². The molecule has 128 valence electrons. The van der Waals surface area contributed by atoms with Crippen molar-refractivity contribution in [2.45, 2.75) is 20.4 Å². The summed E-state index contributed by atoms with van der Waals surface area (Å²) >= 11 is 0. The Labute approximate surface area is 145 Å². The molecule has 25 heavy (non-hydrogen) atoms. The van der Waals surface area contributed by atoms with Crippen molar-refractivity contribution in [1.82, 2.24) is 10.3 Å². The van der Waals surface area contributed by atoms with Gasteiger partial charge in [-0.3, -0.25) is 9.59 Å². The second-order valence-electron chi connectivity index (χ2n) is 6.09. The van der Waals surface area contributed by atoms with Gasteiger partial charge in [0, 0.05) is 17.6 Å². The van der Waals surface area contributed by atoms with E-state index in [1.54, 1.807) is 0 Å². The minimum atomic E-state index is -0.274. The zero-order chi connectivity index (χ0) is 17.8. The summed E-state index contributed by atoms with van der Waals surface area (Å²) in [7, 11) is 0. The van der Waals surface area contributed by atoms with E-state index in [1.807, 2.05) is 62.4 Å². The first kappa shape index (κ1) is 16.8. The maximum atomic E-state index is 12.1. The number of amides is 1. The number of benzene rings is 2. The average Bonchev–Trinajstić information content (AvgIpc) is 2.60. The highest BCUT2D eigenvalue weighted by Crippen LogP contribution is 2.13. The van der Waals surface area contributed by atoms with Crippen LogP contribution in [0.3, 0.4) is 0 Å². The molecule has 0 spiro atoms. The summed E-state index contributed by atoms with van der Waals surface area (Å²) in [5, 5.41) is 3.66. The number of rotatable bonds is 5. The number of H-pyrrole nitrogens is 1. The van der Waals surface area contributed by atoms with E-state index >= 15 is 0 Å². The Morgan fingerprint density at radius 3 is 2.52 bits per heavy atom. The van der Waals surface area contributed by atoms with Crippen LogP contribution in [-0.2, 0) is 11.3 Å². The molecule has 1 aromatic heterocycles. The zero-order valence-corrected chi connectivity index (χ0v) is 14.3.